The number of morpholine rings is 1. The summed E-state index contributed by atoms with van der Waals surface area (Å²) in [7, 11) is 0. The summed E-state index contributed by atoms with van der Waals surface area (Å²) in [5.74, 6) is -0.280. The Morgan fingerprint density at radius 1 is 1.33 bits per heavy atom. The summed E-state index contributed by atoms with van der Waals surface area (Å²) in [5, 5.41) is 0. The van der Waals surface area contributed by atoms with Crippen LogP contribution in [0.1, 0.15) is 0 Å². The molecular weight excluding hydrogens is 263 g/mol. The largest absolute Gasteiger partial charge is 0.398 e. The topological polar surface area (TPSA) is 38.5 Å². The summed E-state index contributed by atoms with van der Waals surface area (Å²) in [6.07, 6.45) is 0. The minimum Gasteiger partial charge on any atom is -0.398 e. The van der Waals surface area contributed by atoms with Crippen LogP contribution in [0.2, 0.25) is 0 Å². The van der Waals surface area contributed by atoms with E-state index in [1.54, 1.807) is 6.07 Å². The van der Waals surface area contributed by atoms with E-state index >= 15 is 0 Å². The Hall–Kier alpha value is -0.810. The molecule has 5 heteroatoms. The highest BCUT2D eigenvalue weighted by atomic mass is 79.9. The molecule has 1 fully saturated rings. The fourth-order valence-electron chi connectivity index (χ4n) is 1.60. The van der Waals surface area contributed by atoms with Gasteiger partial charge in [0.25, 0.3) is 0 Å². The van der Waals surface area contributed by atoms with Crippen molar-refractivity contribution >= 4 is 27.3 Å². The fraction of sp³-hybridized carbons (Fsp3) is 0.400. The lowest BCUT2D eigenvalue weighted by Crippen LogP contribution is -2.36. The predicted molar refractivity (Wildman–Crippen MR) is 61.5 cm³/mol. The van der Waals surface area contributed by atoms with Crippen molar-refractivity contribution < 1.29 is 9.13 Å². The third-order valence-corrected chi connectivity index (χ3v) is 3.10. The van der Waals surface area contributed by atoms with Gasteiger partial charge in [-0.3, -0.25) is 0 Å². The predicted octanol–water partition coefficient (Wildman–Crippen LogP) is 2.01. The average Bonchev–Trinajstić information content (AvgIpc) is 2.25. The zero-order valence-electron chi connectivity index (χ0n) is 8.17. The summed E-state index contributed by atoms with van der Waals surface area (Å²) in [5.41, 5.74) is 6.59. The van der Waals surface area contributed by atoms with E-state index < -0.39 is 0 Å². The van der Waals surface area contributed by atoms with Crippen LogP contribution < -0.4 is 10.6 Å². The average molecular weight is 275 g/mol. The number of hydrogen-bond donors (Lipinski definition) is 1. The van der Waals surface area contributed by atoms with Gasteiger partial charge in [0.1, 0.15) is 5.82 Å². The number of ether oxygens (including phenoxy) is 1. The van der Waals surface area contributed by atoms with E-state index in [2.05, 4.69) is 15.9 Å². The molecule has 3 nitrogen and oxygen atoms in total. The van der Waals surface area contributed by atoms with Gasteiger partial charge in [0, 0.05) is 29.3 Å². The van der Waals surface area contributed by atoms with Crippen LogP contribution in [0.15, 0.2) is 16.6 Å². The lowest BCUT2D eigenvalue weighted by Gasteiger charge is -2.29. The number of hydrogen-bond acceptors (Lipinski definition) is 3. The van der Waals surface area contributed by atoms with Gasteiger partial charge in [0.05, 0.1) is 18.9 Å². The Balaban J connectivity index is 2.30. The van der Waals surface area contributed by atoms with Crippen LogP contribution >= 0.6 is 15.9 Å². The van der Waals surface area contributed by atoms with Crippen molar-refractivity contribution in [3.05, 3.63) is 22.4 Å². The van der Waals surface area contributed by atoms with Crippen LogP contribution in [0.5, 0.6) is 0 Å². The molecule has 1 heterocycles. The second-order valence-corrected chi connectivity index (χ2v) is 4.28. The molecule has 1 aliphatic rings. The third-order valence-electron chi connectivity index (χ3n) is 2.42. The molecule has 1 aromatic rings. The second kappa shape index (κ2) is 4.37. The number of nitrogen functional groups attached to an aromatic ring is 1. The van der Waals surface area contributed by atoms with Gasteiger partial charge in [-0.05, 0) is 22.0 Å². The van der Waals surface area contributed by atoms with Gasteiger partial charge >= 0.3 is 0 Å². The lowest BCUT2D eigenvalue weighted by atomic mass is 10.2. The van der Waals surface area contributed by atoms with Crippen molar-refractivity contribution in [1.29, 1.82) is 0 Å². The Morgan fingerprint density at radius 3 is 2.67 bits per heavy atom. The SMILES string of the molecule is Nc1cc(F)c(N2CCOCC2)cc1Br. The van der Waals surface area contributed by atoms with E-state index in [1.165, 1.54) is 6.07 Å². The molecule has 0 radical (unpaired) electrons. The first-order chi connectivity index (χ1) is 7.18. The summed E-state index contributed by atoms with van der Waals surface area (Å²) in [6, 6.07) is 3.06. The van der Waals surface area contributed by atoms with E-state index in [-0.39, 0.29) is 5.82 Å². The zero-order valence-corrected chi connectivity index (χ0v) is 9.76. The molecule has 0 amide bonds. The van der Waals surface area contributed by atoms with Gasteiger partial charge < -0.3 is 15.4 Å². The highest BCUT2D eigenvalue weighted by Gasteiger charge is 2.16. The normalized spacial score (nSPS) is 16.8. The quantitative estimate of drug-likeness (QED) is 0.797. The van der Waals surface area contributed by atoms with Crippen molar-refractivity contribution in [3.63, 3.8) is 0 Å². The summed E-state index contributed by atoms with van der Waals surface area (Å²) < 4.78 is 19.6. The highest BCUT2D eigenvalue weighted by molar-refractivity contribution is 9.10. The molecule has 82 valence electrons. The molecule has 0 saturated carbocycles. The van der Waals surface area contributed by atoms with Gasteiger partial charge in [0.2, 0.25) is 0 Å². The van der Waals surface area contributed by atoms with E-state index in [1.807, 2.05) is 4.90 Å². The highest BCUT2D eigenvalue weighted by Crippen LogP contribution is 2.29. The molecule has 0 unspecified atom stereocenters. The monoisotopic (exact) mass is 274 g/mol. The third kappa shape index (κ3) is 2.23. The number of nitrogens with two attached hydrogens (primary N) is 1. The van der Waals surface area contributed by atoms with E-state index in [0.29, 0.717) is 37.7 Å². The maximum Gasteiger partial charge on any atom is 0.148 e. The van der Waals surface area contributed by atoms with Gasteiger partial charge in [-0.15, -0.1) is 0 Å². The molecule has 0 aliphatic carbocycles. The van der Waals surface area contributed by atoms with Crippen molar-refractivity contribution in [3.8, 4) is 0 Å². The van der Waals surface area contributed by atoms with E-state index in [0.717, 1.165) is 4.47 Å². The molecule has 0 bridgehead atoms. The van der Waals surface area contributed by atoms with Crippen molar-refractivity contribution in [2.24, 2.45) is 0 Å². The van der Waals surface area contributed by atoms with Crippen LogP contribution in [0.4, 0.5) is 15.8 Å². The minimum atomic E-state index is -0.280. The zero-order chi connectivity index (χ0) is 10.8. The Kier molecular flexibility index (Phi) is 3.11. The number of halogens is 2. The van der Waals surface area contributed by atoms with Gasteiger partial charge in [-0.2, -0.15) is 0 Å². The summed E-state index contributed by atoms with van der Waals surface area (Å²) in [4.78, 5) is 1.96. The number of rotatable bonds is 1. The second-order valence-electron chi connectivity index (χ2n) is 3.42. The van der Waals surface area contributed by atoms with Crippen molar-refractivity contribution in [2.75, 3.05) is 36.9 Å². The first kappa shape index (κ1) is 10.7. The molecule has 2 N–H and O–H groups in total. The molecular formula is C10H12BrFN2O. The molecule has 2 rings (SSSR count). The maximum atomic E-state index is 13.6. The van der Waals surface area contributed by atoms with Crippen LogP contribution in [0, 0.1) is 5.82 Å². The first-order valence-corrected chi connectivity index (χ1v) is 5.55. The fourth-order valence-corrected chi connectivity index (χ4v) is 1.93. The number of nitrogens with zero attached hydrogens (tertiary/aromatic N) is 1. The van der Waals surface area contributed by atoms with Gasteiger partial charge in [-0.1, -0.05) is 0 Å². The Bertz CT molecular complexity index is 367. The van der Waals surface area contributed by atoms with Crippen molar-refractivity contribution in [1.82, 2.24) is 0 Å². The standard InChI is InChI=1S/C10H12BrFN2O/c11-7-5-10(8(12)6-9(7)13)14-1-3-15-4-2-14/h5-6H,1-4,13H2. The summed E-state index contributed by atoms with van der Waals surface area (Å²) in [6.45, 7) is 2.71. The van der Waals surface area contributed by atoms with E-state index in [9.17, 15) is 4.39 Å². The lowest BCUT2D eigenvalue weighted by molar-refractivity contribution is 0.122. The minimum absolute atomic E-state index is 0.280. The van der Waals surface area contributed by atoms with Crippen LogP contribution in [0.25, 0.3) is 0 Å². The number of anilines is 2. The van der Waals surface area contributed by atoms with Crippen LogP contribution in [-0.4, -0.2) is 26.3 Å². The molecule has 0 spiro atoms. The van der Waals surface area contributed by atoms with Gasteiger partial charge in [-0.25, -0.2) is 4.39 Å². The van der Waals surface area contributed by atoms with Crippen molar-refractivity contribution in [2.45, 2.75) is 0 Å². The molecule has 0 atom stereocenters. The first-order valence-electron chi connectivity index (χ1n) is 4.75. The van der Waals surface area contributed by atoms with Crippen LogP contribution in [0.3, 0.4) is 0 Å². The Morgan fingerprint density at radius 2 is 2.00 bits per heavy atom. The maximum absolute atomic E-state index is 13.6. The van der Waals surface area contributed by atoms with E-state index in [4.69, 9.17) is 10.5 Å². The smallest absolute Gasteiger partial charge is 0.148 e. The van der Waals surface area contributed by atoms with Gasteiger partial charge in [0.15, 0.2) is 0 Å². The molecule has 0 aromatic heterocycles. The Labute approximate surface area is 96.1 Å². The van der Waals surface area contributed by atoms with Crippen LogP contribution in [-0.2, 0) is 4.74 Å². The molecule has 1 aromatic carbocycles. The molecule has 15 heavy (non-hydrogen) atoms. The summed E-state index contributed by atoms with van der Waals surface area (Å²) >= 11 is 3.30. The molecule has 1 saturated heterocycles. The number of benzene rings is 1. The molecule has 1 aliphatic heterocycles.